The van der Waals surface area contributed by atoms with Crippen LogP contribution in [0.2, 0.25) is 0 Å². The van der Waals surface area contributed by atoms with Crippen LogP contribution in [-0.4, -0.2) is 10.1 Å². The van der Waals surface area contributed by atoms with Crippen molar-refractivity contribution in [1.29, 1.82) is 0 Å². The molecule has 2 nitrogen and oxygen atoms in total. The lowest BCUT2D eigenvalue weighted by Crippen LogP contribution is -1.87. The van der Waals surface area contributed by atoms with Crippen molar-refractivity contribution in [3.63, 3.8) is 0 Å². The molecule has 2 rings (SSSR count). The van der Waals surface area contributed by atoms with E-state index in [1.165, 1.54) is 5.56 Å². The van der Waals surface area contributed by atoms with Crippen molar-refractivity contribution < 1.29 is 5.11 Å². The van der Waals surface area contributed by atoms with Gasteiger partial charge in [0.2, 0.25) is 0 Å². The van der Waals surface area contributed by atoms with E-state index in [0.29, 0.717) is 0 Å². The molecule has 0 radical (unpaired) electrons. The zero-order chi connectivity index (χ0) is 11.5. The average Bonchev–Trinajstić information content (AvgIpc) is 2.72. The highest BCUT2D eigenvalue weighted by molar-refractivity contribution is 7.15. The van der Waals surface area contributed by atoms with E-state index in [1.807, 2.05) is 6.07 Å². The summed E-state index contributed by atoms with van der Waals surface area (Å²) in [5, 5.41) is 10.2. The van der Waals surface area contributed by atoms with Crippen molar-refractivity contribution in [1.82, 2.24) is 4.98 Å². The van der Waals surface area contributed by atoms with E-state index in [2.05, 4.69) is 37.0 Å². The third kappa shape index (κ3) is 2.15. The molecule has 0 saturated heterocycles. The number of aliphatic hydroxyl groups is 1. The van der Waals surface area contributed by atoms with E-state index in [1.54, 1.807) is 11.3 Å². The number of aryl methyl sites for hydroxylation is 2. The van der Waals surface area contributed by atoms with Gasteiger partial charge in [0.25, 0.3) is 0 Å². The molecule has 0 saturated carbocycles. The second-order valence-corrected chi connectivity index (χ2v) is 4.85. The summed E-state index contributed by atoms with van der Waals surface area (Å²) in [5.41, 5.74) is 3.39. The lowest BCUT2D eigenvalue weighted by Gasteiger charge is -1.97. The predicted octanol–water partition coefficient (Wildman–Crippen LogP) is 3.17. The second-order valence-electron chi connectivity index (χ2n) is 3.77. The highest BCUT2D eigenvalue weighted by atomic mass is 32.1. The van der Waals surface area contributed by atoms with Crippen LogP contribution in [0.3, 0.4) is 0 Å². The average molecular weight is 233 g/mol. The molecule has 0 fully saturated rings. The van der Waals surface area contributed by atoms with Crippen molar-refractivity contribution in [3.05, 3.63) is 40.4 Å². The first-order valence-corrected chi connectivity index (χ1v) is 6.22. The molecule has 0 bridgehead atoms. The Morgan fingerprint density at radius 1 is 1.38 bits per heavy atom. The number of aromatic nitrogens is 1. The molecule has 0 amide bonds. The van der Waals surface area contributed by atoms with Gasteiger partial charge in [-0.1, -0.05) is 30.7 Å². The molecule has 84 valence electrons. The van der Waals surface area contributed by atoms with E-state index in [0.717, 1.165) is 27.6 Å². The number of hydrogen-bond acceptors (Lipinski definition) is 3. The van der Waals surface area contributed by atoms with Gasteiger partial charge in [-0.05, 0) is 19.4 Å². The molecule has 1 heterocycles. The molecular weight excluding hydrogens is 218 g/mol. The number of aliphatic hydroxyl groups excluding tert-OH is 1. The summed E-state index contributed by atoms with van der Waals surface area (Å²) in [6, 6.07) is 8.30. The largest absolute Gasteiger partial charge is 0.391 e. The van der Waals surface area contributed by atoms with Gasteiger partial charge in [-0.3, -0.25) is 0 Å². The number of nitrogens with zero attached hydrogens (tertiary/aromatic N) is 1. The minimum absolute atomic E-state index is 0.0899. The first kappa shape index (κ1) is 11.3. The van der Waals surface area contributed by atoms with Crippen LogP contribution in [0.25, 0.3) is 10.6 Å². The molecule has 1 aromatic carbocycles. The second kappa shape index (κ2) is 4.76. The normalized spacial score (nSPS) is 10.7. The zero-order valence-corrected chi connectivity index (χ0v) is 10.3. The molecule has 3 heteroatoms. The summed E-state index contributed by atoms with van der Waals surface area (Å²) in [7, 11) is 0. The fourth-order valence-electron chi connectivity index (χ4n) is 1.68. The molecular formula is C13H15NOS. The minimum Gasteiger partial charge on any atom is -0.391 e. The van der Waals surface area contributed by atoms with Crippen LogP contribution in [0.4, 0.5) is 0 Å². The van der Waals surface area contributed by atoms with Crippen molar-refractivity contribution in [2.45, 2.75) is 26.9 Å². The molecule has 0 aliphatic carbocycles. The quantitative estimate of drug-likeness (QED) is 0.883. The van der Waals surface area contributed by atoms with Crippen LogP contribution >= 0.6 is 11.3 Å². The third-order valence-electron chi connectivity index (χ3n) is 2.52. The molecule has 0 atom stereocenters. The van der Waals surface area contributed by atoms with Gasteiger partial charge in [-0.15, -0.1) is 11.3 Å². The first-order chi connectivity index (χ1) is 7.74. The van der Waals surface area contributed by atoms with Gasteiger partial charge in [-0.2, -0.15) is 0 Å². The van der Waals surface area contributed by atoms with Crippen molar-refractivity contribution in [2.24, 2.45) is 0 Å². The summed E-state index contributed by atoms with van der Waals surface area (Å²) < 4.78 is 0. The van der Waals surface area contributed by atoms with Crippen LogP contribution in [0.1, 0.15) is 23.1 Å². The molecule has 0 aliphatic rings. The van der Waals surface area contributed by atoms with Crippen molar-refractivity contribution in [3.8, 4) is 10.6 Å². The maximum Gasteiger partial charge on any atom is 0.123 e. The summed E-state index contributed by atoms with van der Waals surface area (Å²) in [6.45, 7) is 4.23. The fraction of sp³-hybridized carbons (Fsp3) is 0.308. The first-order valence-electron chi connectivity index (χ1n) is 5.41. The topological polar surface area (TPSA) is 33.1 Å². The van der Waals surface area contributed by atoms with Crippen molar-refractivity contribution in [2.75, 3.05) is 0 Å². The van der Waals surface area contributed by atoms with E-state index < -0.39 is 0 Å². The lowest BCUT2D eigenvalue weighted by molar-refractivity contribution is 0.284. The highest BCUT2D eigenvalue weighted by Gasteiger charge is 2.10. The standard InChI is InChI=1S/C13H15NOS/c1-3-11-12(8-15)16-13(14-11)10-6-4-5-9(2)7-10/h4-7,15H,3,8H2,1-2H3. The van der Waals surface area contributed by atoms with Gasteiger partial charge in [0, 0.05) is 5.56 Å². The van der Waals surface area contributed by atoms with Gasteiger partial charge in [-0.25, -0.2) is 4.98 Å². The van der Waals surface area contributed by atoms with Crippen LogP contribution in [0.5, 0.6) is 0 Å². The molecule has 1 aromatic heterocycles. The Morgan fingerprint density at radius 3 is 2.75 bits per heavy atom. The van der Waals surface area contributed by atoms with Gasteiger partial charge in [0.1, 0.15) is 5.01 Å². The highest BCUT2D eigenvalue weighted by Crippen LogP contribution is 2.28. The number of hydrogen-bond donors (Lipinski definition) is 1. The van der Waals surface area contributed by atoms with Gasteiger partial charge < -0.3 is 5.11 Å². The number of benzene rings is 1. The maximum atomic E-state index is 9.23. The van der Waals surface area contributed by atoms with Crippen LogP contribution in [0.15, 0.2) is 24.3 Å². The summed E-state index contributed by atoms with van der Waals surface area (Å²) in [6.07, 6.45) is 0.873. The minimum atomic E-state index is 0.0899. The molecule has 0 spiro atoms. The van der Waals surface area contributed by atoms with E-state index >= 15 is 0 Å². The van der Waals surface area contributed by atoms with Gasteiger partial charge in [0.05, 0.1) is 17.2 Å². The third-order valence-corrected chi connectivity index (χ3v) is 3.65. The van der Waals surface area contributed by atoms with E-state index in [9.17, 15) is 5.11 Å². The Bertz CT molecular complexity index is 469. The van der Waals surface area contributed by atoms with E-state index in [-0.39, 0.29) is 6.61 Å². The van der Waals surface area contributed by atoms with Crippen molar-refractivity contribution >= 4 is 11.3 Å². The molecule has 0 unspecified atom stereocenters. The Balaban J connectivity index is 2.44. The molecule has 16 heavy (non-hydrogen) atoms. The van der Waals surface area contributed by atoms with Gasteiger partial charge in [0.15, 0.2) is 0 Å². The number of rotatable bonds is 3. The summed E-state index contributed by atoms with van der Waals surface area (Å²) in [4.78, 5) is 5.55. The van der Waals surface area contributed by atoms with Gasteiger partial charge >= 0.3 is 0 Å². The monoisotopic (exact) mass is 233 g/mol. The maximum absolute atomic E-state index is 9.23. The van der Waals surface area contributed by atoms with E-state index in [4.69, 9.17) is 0 Å². The molecule has 1 N–H and O–H groups in total. The molecule has 2 aromatic rings. The Morgan fingerprint density at radius 2 is 2.19 bits per heavy atom. The Kier molecular flexibility index (Phi) is 3.36. The summed E-state index contributed by atoms with van der Waals surface area (Å²) >= 11 is 1.58. The zero-order valence-electron chi connectivity index (χ0n) is 9.53. The van der Waals surface area contributed by atoms with Crippen LogP contribution in [-0.2, 0) is 13.0 Å². The van der Waals surface area contributed by atoms with Crippen LogP contribution in [0, 0.1) is 6.92 Å². The number of thiazole rings is 1. The Labute approximate surface area is 99.6 Å². The predicted molar refractivity (Wildman–Crippen MR) is 67.6 cm³/mol. The fourth-order valence-corrected chi connectivity index (χ4v) is 2.69. The molecule has 0 aliphatic heterocycles. The smallest absolute Gasteiger partial charge is 0.123 e. The summed E-state index contributed by atoms with van der Waals surface area (Å²) in [5.74, 6) is 0. The Hall–Kier alpha value is -1.19. The van der Waals surface area contributed by atoms with Crippen LogP contribution < -0.4 is 0 Å². The SMILES string of the molecule is CCc1nc(-c2cccc(C)c2)sc1CO. The lowest BCUT2D eigenvalue weighted by atomic mass is 10.1.